The fourth-order valence-electron chi connectivity index (χ4n) is 2.08. The van der Waals surface area contributed by atoms with Gasteiger partial charge in [-0.25, -0.2) is 0 Å². The highest BCUT2D eigenvalue weighted by Gasteiger charge is 2.21. The van der Waals surface area contributed by atoms with Gasteiger partial charge in [0, 0.05) is 16.0 Å². The predicted octanol–water partition coefficient (Wildman–Crippen LogP) is 4.15. The lowest BCUT2D eigenvalue weighted by molar-refractivity contribution is -0.136. The zero-order valence-electron chi connectivity index (χ0n) is 12.8. The van der Waals surface area contributed by atoms with Gasteiger partial charge in [-0.3, -0.25) is 4.79 Å². The Bertz CT molecular complexity index is 673. The predicted molar refractivity (Wildman–Crippen MR) is 92.0 cm³/mol. The van der Waals surface area contributed by atoms with Crippen molar-refractivity contribution in [2.24, 2.45) is 0 Å². The van der Waals surface area contributed by atoms with Crippen LogP contribution in [0.3, 0.4) is 0 Å². The van der Waals surface area contributed by atoms with E-state index >= 15 is 0 Å². The summed E-state index contributed by atoms with van der Waals surface area (Å²) in [4.78, 5) is 12.4. The smallest absolute Gasteiger partial charge is 0.317 e. The lowest BCUT2D eigenvalue weighted by Crippen LogP contribution is -2.19. The van der Waals surface area contributed by atoms with Crippen molar-refractivity contribution < 1.29 is 19.4 Å². The molecule has 0 spiro atoms. The van der Waals surface area contributed by atoms with Crippen molar-refractivity contribution in [1.82, 2.24) is 0 Å². The summed E-state index contributed by atoms with van der Waals surface area (Å²) in [5.41, 5.74) is 0.821. The summed E-state index contributed by atoms with van der Waals surface area (Å²) in [5, 5.41) is 9.50. The third-order valence-corrected chi connectivity index (χ3v) is 4.72. The molecule has 4 nitrogen and oxygen atoms in total. The number of carbonyl (C=O) groups is 1. The Hall–Kier alpha value is -1.85. The van der Waals surface area contributed by atoms with E-state index in [1.54, 1.807) is 38.5 Å². The molecule has 6 heteroatoms. The number of methoxy groups -OCH3 is 2. The molecule has 0 saturated carbocycles. The number of carboxylic acids is 1. The zero-order chi connectivity index (χ0) is 16.8. The molecule has 1 atom stereocenters. The number of benzene rings is 2. The molecule has 0 fully saturated rings. The van der Waals surface area contributed by atoms with Gasteiger partial charge < -0.3 is 14.6 Å². The molecule has 0 aromatic heterocycles. The highest BCUT2D eigenvalue weighted by molar-refractivity contribution is 8.00. The second-order valence-corrected chi connectivity index (χ2v) is 6.49. The second-order valence-electron chi connectivity index (χ2n) is 4.78. The number of ether oxygens (including phenoxy) is 2. The highest BCUT2D eigenvalue weighted by Crippen LogP contribution is 2.31. The van der Waals surface area contributed by atoms with E-state index in [0.717, 1.165) is 10.5 Å². The zero-order valence-corrected chi connectivity index (χ0v) is 14.4. The SMILES string of the molecule is COc1ccc(C[C@H](Sc2ccc(Cl)cc2)C(=O)O)c(OC)c1. The summed E-state index contributed by atoms with van der Waals surface area (Å²) in [5.74, 6) is 0.415. The van der Waals surface area contributed by atoms with Crippen molar-refractivity contribution in [3.8, 4) is 11.5 Å². The van der Waals surface area contributed by atoms with Crippen molar-refractivity contribution in [2.45, 2.75) is 16.6 Å². The summed E-state index contributed by atoms with van der Waals surface area (Å²) < 4.78 is 10.5. The maximum atomic E-state index is 11.6. The Labute approximate surface area is 144 Å². The van der Waals surface area contributed by atoms with Crippen LogP contribution in [0.2, 0.25) is 5.02 Å². The van der Waals surface area contributed by atoms with Gasteiger partial charge in [0.2, 0.25) is 0 Å². The molecule has 1 N–H and O–H groups in total. The van der Waals surface area contributed by atoms with Gasteiger partial charge >= 0.3 is 5.97 Å². The largest absolute Gasteiger partial charge is 0.497 e. The summed E-state index contributed by atoms with van der Waals surface area (Å²) in [6.07, 6.45) is 0.343. The van der Waals surface area contributed by atoms with Crippen LogP contribution in [0.5, 0.6) is 11.5 Å². The minimum Gasteiger partial charge on any atom is -0.497 e. The Morgan fingerprint density at radius 2 is 1.87 bits per heavy atom. The minimum absolute atomic E-state index is 0.343. The molecule has 0 saturated heterocycles. The van der Waals surface area contributed by atoms with Gasteiger partial charge in [-0.1, -0.05) is 17.7 Å². The van der Waals surface area contributed by atoms with Crippen LogP contribution >= 0.6 is 23.4 Å². The van der Waals surface area contributed by atoms with E-state index in [1.165, 1.54) is 11.8 Å². The number of carboxylic acid groups (broad SMARTS) is 1. The van der Waals surface area contributed by atoms with Crippen LogP contribution in [0.25, 0.3) is 0 Å². The van der Waals surface area contributed by atoms with Gasteiger partial charge in [0.05, 0.1) is 14.2 Å². The first-order valence-corrected chi connectivity index (χ1v) is 8.15. The molecule has 0 aliphatic heterocycles. The normalized spacial score (nSPS) is 11.8. The lowest BCUT2D eigenvalue weighted by atomic mass is 10.1. The van der Waals surface area contributed by atoms with Crippen LogP contribution in [0.4, 0.5) is 0 Å². The Morgan fingerprint density at radius 1 is 1.17 bits per heavy atom. The van der Waals surface area contributed by atoms with Crippen LogP contribution in [-0.4, -0.2) is 30.5 Å². The van der Waals surface area contributed by atoms with E-state index in [9.17, 15) is 9.90 Å². The molecule has 122 valence electrons. The quantitative estimate of drug-likeness (QED) is 0.759. The molecule has 2 aromatic carbocycles. The van der Waals surface area contributed by atoms with Gasteiger partial charge in [-0.2, -0.15) is 0 Å². The summed E-state index contributed by atoms with van der Waals surface area (Å²) in [6, 6.07) is 12.5. The summed E-state index contributed by atoms with van der Waals surface area (Å²) in [6.45, 7) is 0. The van der Waals surface area contributed by atoms with Crippen LogP contribution in [-0.2, 0) is 11.2 Å². The fourth-order valence-corrected chi connectivity index (χ4v) is 3.19. The number of aliphatic carboxylic acids is 1. The van der Waals surface area contributed by atoms with Gasteiger partial charge in [-0.15, -0.1) is 11.8 Å². The number of rotatable bonds is 7. The molecular weight excluding hydrogens is 336 g/mol. The first kappa shape index (κ1) is 17.5. The molecule has 2 rings (SSSR count). The molecule has 0 radical (unpaired) electrons. The summed E-state index contributed by atoms with van der Waals surface area (Å²) >= 11 is 7.14. The Balaban J connectivity index is 2.19. The minimum atomic E-state index is -0.872. The van der Waals surface area contributed by atoms with Crippen LogP contribution in [0.1, 0.15) is 5.56 Å². The first-order valence-electron chi connectivity index (χ1n) is 6.89. The third kappa shape index (κ3) is 4.81. The molecule has 0 aliphatic rings. The topological polar surface area (TPSA) is 55.8 Å². The van der Waals surface area contributed by atoms with Gasteiger partial charge in [0.25, 0.3) is 0 Å². The van der Waals surface area contributed by atoms with Crippen LogP contribution in [0.15, 0.2) is 47.4 Å². The first-order chi connectivity index (χ1) is 11.0. The lowest BCUT2D eigenvalue weighted by Gasteiger charge is -2.15. The highest BCUT2D eigenvalue weighted by atomic mass is 35.5. The maximum Gasteiger partial charge on any atom is 0.317 e. The van der Waals surface area contributed by atoms with Crippen molar-refractivity contribution in [3.05, 3.63) is 53.1 Å². The van der Waals surface area contributed by atoms with E-state index < -0.39 is 11.2 Å². The monoisotopic (exact) mass is 352 g/mol. The van der Waals surface area contributed by atoms with Crippen molar-refractivity contribution in [3.63, 3.8) is 0 Å². The van der Waals surface area contributed by atoms with Crippen molar-refractivity contribution in [2.75, 3.05) is 14.2 Å². The summed E-state index contributed by atoms with van der Waals surface area (Å²) in [7, 11) is 3.13. The number of thioether (sulfide) groups is 1. The van der Waals surface area contributed by atoms with Gasteiger partial charge in [0.15, 0.2) is 0 Å². The van der Waals surface area contributed by atoms with Crippen LogP contribution in [0, 0.1) is 0 Å². The van der Waals surface area contributed by atoms with Crippen molar-refractivity contribution in [1.29, 1.82) is 0 Å². The van der Waals surface area contributed by atoms with E-state index in [-0.39, 0.29) is 0 Å². The van der Waals surface area contributed by atoms with E-state index in [2.05, 4.69) is 0 Å². The van der Waals surface area contributed by atoms with E-state index in [0.29, 0.717) is 22.9 Å². The molecule has 23 heavy (non-hydrogen) atoms. The third-order valence-electron chi connectivity index (χ3n) is 3.27. The molecule has 2 aromatic rings. The van der Waals surface area contributed by atoms with Crippen molar-refractivity contribution >= 4 is 29.3 Å². The average Bonchev–Trinajstić information content (AvgIpc) is 2.56. The molecule has 0 amide bonds. The van der Waals surface area contributed by atoms with Gasteiger partial charge in [0.1, 0.15) is 16.7 Å². The molecular formula is C17H17ClO4S. The Morgan fingerprint density at radius 3 is 2.43 bits per heavy atom. The van der Waals surface area contributed by atoms with E-state index in [4.69, 9.17) is 21.1 Å². The fraction of sp³-hybridized carbons (Fsp3) is 0.235. The molecule has 0 unspecified atom stereocenters. The standard InChI is InChI=1S/C17H17ClO4S/c1-21-13-6-3-11(15(10-13)22-2)9-16(17(19)20)23-14-7-4-12(18)5-8-14/h3-8,10,16H,9H2,1-2H3,(H,19,20)/t16-/m0/s1. The molecule has 0 aliphatic carbocycles. The Kier molecular flexibility index (Phi) is 6.19. The van der Waals surface area contributed by atoms with E-state index in [1.807, 2.05) is 18.2 Å². The number of halogens is 1. The number of hydrogen-bond donors (Lipinski definition) is 1. The average molecular weight is 353 g/mol. The maximum absolute atomic E-state index is 11.6. The molecule has 0 heterocycles. The van der Waals surface area contributed by atoms with Crippen LogP contribution < -0.4 is 9.47 Å². The number of hydrogen-bond acceptors (Lipinski definition) is 4. The second kappa shape index (κ2) is 8.13. The van der Waals surface area contributed by atoms with Gasteiger partial charge in [-0.05, 0) is 42.3 Å². The molecule has 0 bridgehead atoms.